The van der Waals surface area contributed by atoms with Gasteiger partial charge in [-0.15, -0.1) is 0 Å². The van der Waals surface area contributed by atoms with Gasteiger partial charge < -0.3 is 15.0 Å². The van der Waals surface area contributed by atoms with Gasteiger partial charge in [0, 0.05) is 45.6 Å². The van der Waals surface area contributed by atoms with E-state index in [0.29, 0.717) is 19.7 Å². The van der Waals surface area contributed by atoms with Crippen molar-refractivity contribution >= 4 is 5.91 Å². The molecule has 1 aliphatic heterocycles. The fourth-order valence-electron chi connectivity index (χ4n) is 2.72. The fourth-order valence-corrected chi connectivity index (χ4v) is 2.72. The zero-order chi connectivity index (χ0) is 14.4. The lowest BCUT2D eigenvalue weighted by Crippen LogP contribution is -2.46. The van der Waals surface area contributed by atoms with Crippen molar-refractivity contribution in [3.8, 4) is 0 Å². The summed E-state index contributed by atoms with van der Waals surface area (Å²) in [5.41, 5.74) is 0.616. The lowest BCUT2D eigenvalue weighted by atomic mass is 9.86. The Morgan fingerprint density at radius 1 is 1.55 bits per heavy atom. The minimum absolute atomic E-state index is 0.167. The lowest BCUT2D eigenvalue weighted by Gasteiger charge is -2.31. The fraction of sp³-hybridized carbons (Fsp3) is 0.600. The van der Waals surface area contributed by atoms with Crippen LogP contribution in [0.25, 0.3) is 0 Å². The number of hydrogen-bond acceptors (Lipinski definition) is 4. The molecule has 1 saturated heterocycles. The average Bonchev–Trinajstić information content (AvgIpc) is 2.95. The summed E-state index contributed by atoms with van der Waals surface area (Å²) in [6.45, 7) is 2.74. The molecule has 1 N–H and O–H groups in total. The van der Waals surface area contributed by atoms with E-state index in [9.17, 15) is 4.79 Å². The molecule has 1 aliphatic rings. The van der Waals surface area contributed by atoms with Crippen LogP contribution in [0.4, 0.5) is 0 Å². The van der Waals surface area contributed by atoms with Crippen LogP contribution < -0.4 is 5.32 Å². The number of rotatable bonds is 6. The highest BCUT2D eigenvalue weighted by Crippen LogP contribution is 2.28. The van der Waals surface area contributed by atoms with Crippen LogP contribution in [0.3, 0.4) is 0 Å². The first-order valence-corrected chi connectivity index (χ1v) is 7.03. The Morgan fingerprint density at radius 3 is 3.00 bits per heavy atom. The smallest absolute Gasteiger partial charge is 0.232 e. The molecule has 1 aromatic heterocycles. The second-order valence-corrected chi connectivity index (χ2v) is 5.44. The van der Waals surface area contributed by atoms with Gasteiger partial charge in [0.05, 0.1) is 12.0 Å². The molecule has 20 heavy (non-hydrogen) atoms. The second-order valence-electron chi connectivity index (χ2n) is 5.44. The highest BCUT2D eigenvalue weighted by Gasteiger charge is 2.42. The Hall–Kier alpha value is -1.46. The molecule has 1 unspecified atom stereocenters. The van der Waals surface area contributed by atoms with Crippen LogP contribution in [0, 0.1) is 5.41 Å². The van der Waals surface area contributed by atoms with Gasteiger partial charge in [-0.25, -0.2) is 0 Å². The first-order chi connectivity index (χ1) is 9.68. The van der Waals surface area contributed by atoms with Crippen LogP contribution in [0.1, 0.15) is 12.1 Å². The van der Waals surface area contributed by atoms with Gasteiger partial charge in [-0.1, -0.05) is 6.07 Å². The predicted octanol–water partition coefficient (Wildman–Crippen LogP) is 0.709. The zero-order valence-corrected chi connectivity index (χ0v) is 12.3. The molecule has 110 valence electrons. The minimum Gasteiger partial charge on any atom is -0.384 e. The summed E-state index contributed by atoms with van der Waals surface area (Å²) in [5.74, 6) is 0.167. The summed E-state index contributed by atoms with van der Waals surface area (Å²) in [7, 11) is 3.52. The number of hydrogen-bond donors (Lipinski definition) is 1. The third-order valence-corrected chi connectivity index (χ3v) is 3.89. The zero-order valence-electron chi connectivity index (χ0n) is 12.3. The third-order valence-electron chi connectivity index (χ3n) is 3.89. The van der Waals surface area contributed by atoms with Gasteiger partial charge in [-0.2, -0.15) is 0 Å². The molecular weight excluding hydrogens is 254 g/mol. The van der Waals surface area contributed by atoms with Gasteiger partial charge >= 0.3 is 0 Å². The van der Waals surface area contributed by atoms with Crippen LogP contribution in [0.2, 0.25) is 0 Å². The van der Waals surface area contributed by atoms with Crippen molar-refractivity contribution in [1.29, 1.82) is 0 Å². The van der Waals surface area contributed by atoms with Gasteiger partial charge in [0.25, 0.3) is 0 Å². The van der Waals surface area contributed by atoms with E-state index in [-0.39, 0.29) is 5.91 Å². The van der Waals surface area contributed by atoms with Crippen molar-refractivity contribution in [3.63, 3.8) is 0 Å². The van der Waals surface area contributed by atoms with Crippen molar-refractivity contribution in [1.82, 2.24) is 15.2 Å². The molecule has 0 aliphatic carbocycles. The summed E-state index contributed by atoms with van der Waals surface area (Å²) in [6, 6.07) is 5.86. The Bertz CT molecular complexity index is 430. The molecule has 0 spiro atoms. The van der Waals surface area contributed by atoms with Gasteiger partial charge in [-0.05, 0) is 25.1 Å². The van der Waals surface area contributed by atoms with Gasteiger partial charge in [-0.3, -0.25) is 9.78 Å². The maximum atomic E-state index is 12.7. The van der Waals surface area contributed by atoms with Crippen molar-refractivity contribution in [3.05, 3.63) is 30.1 Å². The molecule has 1 amide bonds. The van der Waals surface area contributed by atoms with Crippen LogP contribution >= 0.6 is 0 Å². The number of nitrogens with one attached hydrogen (secondary N) is 1. The van der Waals surface area contributed by atoms with Crippen molar-refractivity contribution in [2.24, 2.45) is 5.41 Å². The minimum atomic E-state index is -0.395. The summed E-state index contributed by atoms with van der Waals surface area (Å²) >= 11 is 0. The Morgan fingerprint density at radius 2 is 2.40 bits per heavy atom. The van der Waals surface area contributed by atoms with Crippen molar-refractivity contribution in [2.45, 2.75) is 12.8 Å². The van der Waals surface area contributed by atoms with E-state index in [4.69, 9.17) is 4.74 Å². The standard InChI is InChI=1S/C15H23N3O2/c1-18(10-6-13-5-3-4-8-17-13)14(19)15(12-20-2)7-9-16-11-15/h3-5,8,16H,6-7,9-12H2,1-2H3. The van der Waals surface area contributed by atoms with E-state index in [1.54, 1.807) is 18.2 Å². The monoisotopic (exact) mass is 277 g/mol. The van der Waals surface area contributed by atoms with Crippen molar-refractivity contribution in [2.75, 3.05) is 40.4 Å². The molecule has 1 aromatic rings. The van der Waals surface area contributed by atoms with Gasteiger partial charge in [0.15, 0.2) is 0 Å². The maximum absolute atomic E-state index is 12.7. The highest BCUT2D eigenvalue weighted by atomic mass is 16.5. The molecule has 2 heterocycles. The Labute approximate surface area is 120 Å². The van der Waals surface area contributed by atoms with Gasteiger partial charge in [0.2, 0.25) is 5.91 Å². The average molecular weight is 277 g/mol. The maximum Gasteiger partial charge on any atom is 0.232 e. The topological polar surface area (TPSA) is 54.5 Å². The van der Waals surface area contributed by atoms with Gasteiger partial charge in [0.1, 0.15) is 0 Å². The molecule has 5 heteroatoms. The van der Waals surface area contributed by atoms with E-state index in [2.05, 4.69) is 10.3 Å². The third kappa shape index (κ3) is 3.35. The molecule has 1 fully saturated rings. The van der Waals surface area contributed by atoms with E-state index in [0.717, 1.165) is 25.1 Å². The van der Waals surface area contributed by atoms with E-state index < -0.39 is 5.41 Å². The number of carbonyl (C=O) groups excluding carboxylic acids is 1. The quantitative estimate of drug-likeness (QED) is 0.832. The van der Waals surface area contributed by atoms with E-state index in [1.165, 1.54) is 0 Å². The molecule has 5 nitrogen and oxygen atoms in total. The summed E-state index contributed by atoms with van der Waals surface area (Å²) in [4.78, 5) is 18.8. The van der Waals surface area contributed by atoms with E-state index in [1.807, 2.05) is 25.2 Å². The molecule has 0 bridgehead atoms. The molecule has 1 atom stereocenters. The molecule has 0 saturated carbocycles. The highest BCUT2D eigenvalue weighted by molar-refractivity contribution is 5.83. The normalized spacial score (nSPS) is 21.9. The molecular formula is C15H23N3O2. The van der Waals surface area contributed by atoms with Crippen LogP contribution in [-0.2, 0) is 16.0 Å². The number of amides is 1. The second kappa shape index (κ2) is 6.81. The Balaban J connectivity index is 1.93. The number of carbonyl (C=O) groups is 1. The molecule has 0 aromatic carbocycles. The first kappa shape index (κ1) is 14.9. The number of pyridine rings is 1. The van der Waals surface area contributed by atoms with Crippen LogP contribution in [0.15, 0.2) is 24.4 Å². The SMILES string of the molecule is COCC1(C(=O)N(C)CCc2ccccn2)CCNC1. The van der Waals surface area contributed by atoms with Crippen LogP contribution in [0.5, 0.6) is 0 Å². The summed E-state index contributed by atoms with van der Waals surface area (Å²) < 4.78 is 5.26. The molecule has 2 rings (SSSR count). The van der Waals surface area contributed by atoms with E-state index >= 15 is 0 Å². The van der Waals surface area contributed by atoms with Crippen LogP contribution in [-0.4, -0.2) is 56.2 Å². The first-order valence-electron chi connectivity index (χ1n) is 7.03. The Kier molecular flexibility index (Phi) is 5.09. The predicted molar refractivity (Wildman–Crippen MR) is 77.4 cm³/mol. The van der Waals surface area contributed by atoms with Crippen molar-refractivity contribution < 1.29 is 9.53 Å². The number of aromatic nitrogens is 1. The number of likely N-dealkylation sites (N-methyl/N-ethyl adjacent to an activating group) is 1. The largest absolute Gasteiger partial charge is 0.384 e. The number of methoxy groups -OCH3 is 1. The number of ether oxygens (including phenoxy) is 1. The molecule has 0 radical (unpaired) electrons. The number of nitrogens with zero attached hydrogens (tertiary/aromatic N) is 2. The summed E-state index contributed by atoms with van der Waals surface area (Å²) in [6.07, 6.45) is 3.40. The lowest BCUT2D eigenvalue weighted by molar-refractivity contribution is -0.142. The summed E-state index contributed by atoms with van der Waals surface area (Å²) in [5, 5.41) is 3.27.